The minimum absolute atomic E-state index is 0.448. The molecule has 0 saturated carbocycles. The second-order valence-electron chi connectivity index (χ2n) is 4.84. The summed E-state index contributed by atoms with van der Waals surface area (Å²) in [5, 5.41) is 0.680. The van der Waals surface area contributed by atoms with Gasteiger partial charge in [0.2, 0.25) is 0 Å². The van der Waals surface area contributed by atoms with Crippen LogP contribution < -0.4 is 5.73 Å². The number of rotatable bonds is 6. The molecule has 0 radical (unpaired) electrons. The van der Waals surface area contributed by atoms with Gasteiger partial charge in [-0.25, -0.2) is 4.98 Å². The predicted octanol–water partition coefficient (Wildman–Crippen LogP) is 2.09. The summed E-state index contributed by atoms with van der Waals surface area (Å²) in [4.78, 5) is 8.84. The van der Waals surface area contributed by atoms with Gasteiger partial charge >= 0.3 is 0 Å². The van der Waals surface area contributed by atoms with Gasteiger partial charge < -0.3 is 10.6 Å². The van der Waals surface area contributed by atoms with Crippen LogP contribution in [0.1, 0.15) is 19.5 Å². The molecule has 1 atom stereocenters. The minimum atomic E-state index is 0.448. The lowest BCUT2D eigenvalue weighted by Crippen LogP contribution is -2.39. The van der Waals surface area contributed by atoms with Gasteiger partial charge in [-0.1, -0.05) is 18.5 Å². The van der Waals surface area contributed by atoms with E-state index in [1.807, 2.05) is 6.07 Å². The number of pyridine rings is 1. The van der Waals surface area contributed by atoms with Crippen LogP contribution in [-0.4, -0.2) is 48.0 Å². The number of halogens is 1. The lowest BCUT2D eigenvalue weighted by molar-refractivity contribution is 0.172. The zero-order valence-electron chi connectivity index (χ0n) is 11.7. The smallest absolute Gasteiger partial charge is 0.123 e. The average Bonchev–Trinajstić information content (AvgIpc) is 2.29. The van der Waals surface area contributed by atoms with Crippen molar-refractivity contribution in [3.8, 4) is 0 Å². The van der Waals surface area contributed by atoms with E-state index in [2.05, 4.69) is 42.7 Å². The molecule has 2 N–H and O–H groups in total. The van der Waals surface area contributed by atoms with Crippen LogP contribution in [0.3, 0.4) is 0 Å². The number of hydrogen-bond acceptors (Lipinski definition) is 4. The number of nitrogens with zero attached hydrogens (tertiary/aromatic N) is 3. The van der Waals surface area contributed by atoms with Gasteiger partial charge in [-0.15, -0.1) is 0 Å². The number of aromatic nitrogens is 1. The molecule has 18 heavy (non-hydrogen) atoms. The van der Waals surface area contributed by atoms with E-state index in [1.54, 1.807) is 6.07 Å². The SMILES string of the molecule is CCN(Cc1nc(N)ccc1Cl)C(C)CN(C)C. The lowest BCUT2D eigenvalue weighted by atomic mass is 10.2. The summed E-state index contributed by atoms with van der Waals surface area (Å²) in [6, 6.07) is 3.99. The third-order valence-corrected chi connectivity index (χ3v) is 3.30. The Morgan fingerprint density at radius 3 is 2.61 bits per heavy atom. The third-order valence-electron chi connectivity index (χ3n) is 2.95. The molecule has 0 saturated heterocycles. The summed E-state index contributed by atoms with van der Waals surface area (Å²) in [6.45, 7) is 7.06. The molecular formula is C13H23ClN4. The Labute approximate surface area is 115 Å². The molecule has 0 spiro atoms. The Bertz CT molecular complexity index is 381. The molecule has 1 rings (SSSR count). The molecule has 1 unspecified atom stereocenters. The van der Waals surface area contributed by atoms with Gasteiger partial charge in [0, 0.05) is 19.1 Å². The van der Waals surface area contributed by atoms with Crippen LogP contribution >= 0.6 is 11.6 Å². The Balaban J connectivity index is 2.76. The van der Waals surface area contributed by atoms with Crippen LogP contribution in [0, 0.1) is 0 Å². The summed E-state index contributed by atoms with van der Waals surface area (Å²) in [5.74, 6) is 0.519. The molecule has 1 aromatic rings. The maximum Gasteiger partial charge on any atom is 0.123 e. The van der Waals surface area contributed by atoms with Crippen LogP contribution in [0.15, 0.2) is 12.1 Å². The van der Waals surface area contributed by atoms with Crippen molar-refractivity contribution in [3.05, 3.63) is 22.8 Å². The first-order valence-corrected chi connectivity index (χ1v) is 6.61. The molecule has 0 aliphatic carbocycles. The van der Waals surface area contributed by atoms with Gasteiger partial charge in [-0.3, -0.25) is 4.90 Å². The lowest BCUT2D eigenvalue weighted by Gasteiger charge is -2.29. The minimum Gasteiger partial charge on any atom is -0.384 e. The van der Waals surface area contributed by atoms with Gasteiger partial charge in [0.15, 0.2) is 0 Å². The molecule has 1 aromatic heterocycles. The maximum atomic E-state index is 6.15. The first-order chi connectivity index (χ1) is 8.43. The standard InChI is InChI=1S/C13H23ClN4/c1-5-18(10(2)8-17(3)4)9-12-11(14)6-7-13(15)16-12/h6-7,10H,5,8-9H2,1-4H3,(H2,15,16). The van der Waals surface area contributed by atoms with E-state index in [0.29, 0.717) is 16.9 Å². The summed E-state index contributed by atoms with van der Waals surface area (Å²) < 4.78 is 0. The summed E-state index contributed by atoms with van der Waals surface area (Å²) in [5.41, 5.74) is 6.56. The van der Waals surface area contributed by atoms with E-state index in [4.69, 9.17) is 17.3 Å². The molecule has 0 aliphatic rings. The molecule has 0 amide bonds. The van der Waals surface area contributed by atoms with Crippen molar-refractivity contribution in [1.29, 1.82) is 0 Å². The molecule has 0 aromatic carbocycles. The number of likely N-dealkylation sites (N-methyl/N-ethyl adjacent to an activating group) is 2. The van der Waals surface area contributed by atoms with Gasteiger partial charge in [-0.05, 0) is 39.7 Å². The van der Waals surface area contributed by atoms with Gasteiger partial charge in [0.25, 0.3) is 0 Å². The second kappa shape index (κ2) is 6.92. The highest BCUT2D eigenvalue weighted by Gasteiger charge is 2.15. The van der Waals surface area contributed by atoms with Gasteiger partial charge in [0.1, 0.15) is 5.82 Å². The van der Waals surface area contributed by atoms with Crippen LogP contribution in [0.2, 0.25) is 5.02 Å². The van der Waals surface area contributed by atoms with E-state index >= 15 is 0 Å². The van der Waals surface area contributed by atoms with Crippen molar-refractivity contribution in [2.24, 2.45) is 0 Å². The molecule has 0 bridgehead atoms. The fourth-order valence-corrected chi connectivity index (χ4v) is 2.19. The third kappa shape index (κ3) is 4.44. The van der Waals surface area contributed by atoms with E-state index in [-0.39, 0.29) is 0 Å². The van der Waals surface area contributed by atoms with Crippen molar-refractivity contribution in [1.82, 2.24) is 14.8 Å². The molecule has 1 heterocycles. The number of hydrogen-bond donors (Lipinski definition) is 1. The van der Waals surface area contributed by atoms with Crippen molar-refractivity contribution in [2.75, 3.05) is 32.9 Å². The summed E-state index contributed by atoms with van der Waals surface area (Å²) >= 11 is 6.15. The van der Waals surface area contributed by atoms with E-state index < -0.39 is 0 Å². The van der Waals surface area contributed by atoms with Crippen LogP contribution in [-0.2, 0) is 6.54 Å². The monoisotopic (exact) mass is 270 g/mol. The number of nitrogens with two attached hydrogens (primary N) is 1. The van der Waals surface area contributed by atoms with Gasteiger partial charge in [-0.2, -0.15) is 0 Å². The van der Waals surface area contributed by atoms with Crippen molar-refractivity contribution in [3.63, 3.8) is 0 Å². The molecular weight excluding hydrogens is 248 g/mol. The molecule has 0 fully saturated rings. The highest BCUT2D eigenvalue weighted by Crippen LogP contribution is 2.18. The molecule has 0 aliphatic heterocycles. The summed E-state index contributed by atoms with van der Waals surface area (Å²) in [6.07, 6.45) is 0. The molecule has 5 heteroatoms. The Morgan fingerprint density at radius 1 is 1.39 bits per heavy atom. The topological polar surface area (TPSA) is 45.4 Å². The fraction of sp³-hybridized carbons (Fsp3) is 0.615. The van der Waals surface area contributed by atoms with Crippen molar-refractivity contribution < 1.29 is 0 Å². The predicted molar refractivity (Wildman–Crippen MR) is 77.8 cm³/mol. The zero-order valence-corrected chi connectivity index (χ0v) is 12.4. The molecule has 102 valence electrons. The van der Waals surface area contributed by atoms with Gasteiger partial charge in [0.05, 0.1) is 10.7 Å². The second-order valence-corrected chi connectivity index (χ2v) is 5.25. The maximum absolute atomic E-state index is 6.15. The average molecular weight is 271 g/mol. The van der Waals surface area contributed by atoms with E-state index in [9.17, 15) is 0 Å². The van der Waals surface area contributed by atoms with Crippen LogP contribution in [0.4, 0.5) is 5.82 Å². The van der Waals surface area contributed by atoms with Crippen LogP contribution in [0.5, 0.6) is 0 Å². The molecule has 4 nitrogen and oxygen atoms in total. The van der Waals surface area contributed by atoms with E-state index in [0.717, 1.165) is 25.3 Å². The fourth-order valence-electron chi connectivity index (χ4n) is 2.03. The zero-order chi connectivity index (χ0) is 13.7. The Kier molecular flexibility index (Phi) is 5.85. The van der Waals surface area contributed by atoms with Crippen molar-refractivity contribution in [2.45, 2.75) is 26.4 Å². The van der Waals surface area contributed by atoms with E-state index in [1.165, 1.54) is 0 Å². The Hall–Kier alpha value is -0.840. The number of anilines is 1. The van der Waals surface area contributed by atoms with Crippen molar-refractivity contribution >= 4 is 17.4 Å². The summed E-state index contributed by atoms with van der Waals surface area (Å²) in [7, 11) is 4.16. The highest BCUT2D eigenvalue weighted by molar-refractivity contribution is 6.31. The normalized spacial score (nSPS) is 13.3. The Morgan fingerprint density at radius 2 is 2.06 bits per heavy atom. The largest absolute Gasteiger partial charge is 0.384 e. The quantitative estimate of drug-likeness (QED) is 0.860. The van der Waals surface area contributed by atoms with Crippen LogP contribution in [0.25, 0.3) is 0 Å². The first-order valence-electron chi connectivity index (χ1n) is 6.23. The highest BCUT2D eigenvalue weighted by atomic mass is 35.5. The first kappa shape index (κ1) is 15.2. The number of nitrogen functional groups attached to an aromatic ring is 1.